The summed E-state index contributed by atoms with van der Waals surface area (Å²) in [6.45, 7) is 3.24. The first-order valence-electron chi connectivity index (χ1n) is 9.39. The van der Waals surface area contributed by atoms with Crippen molar-refractivity contribution in [3.8, 4) is 11.9 Å². The zero-order chi connectivity index (χ0) is 19.1. The molecular weight excluding hydrogens is 396 g/mol. The topological polar surface area (TPSA) is 80.1 Å². The van der Waals surface area contributed by atoms with E-state index in [1.807, 2.05) is 6.08 Å². The van der Waals surface area contributed by atoms with Crippen LogP contribution in [0.25, 0.3) is 10.2 Å². The quantitative estimate of drug-likeness (QED) is 0.829. The molecule has 2 aromatic heterocycles. The fourth-order valence-corrected chi connectivity index (χ4v) is 5.60. The van der Waals surface area contributed by atoms with Crippen LogP contribution in [0.15, 0.2) is 34.5 Å². The number of hydrogen-bond acceptors (Lipinski definition) is 7. The summed E-state index contributed by atoms with van der Waals surface area (Å²) in [7, 11) is 0. The lowest BCUT2D eigenvalue weighted by molar-refractivity contribution is -0.0828. The van der Waals surface area contributed by atoms with Crippen molar-refractivity contribution < 1.29 is 9.47 Å². The van der Waals surface area contributed by atoms with Gasteiger partial charge in [0, 0.05) is 41.4 Å². The van der Waals surface area contributed by atoms with E-state index in [9.17, 15) is 0 Å². The molecule has 2 aliphatic heterocycles. The third-order valence-electron chi connectivity index (χ3n) is 5.71. The van der Waals surface area contributed by atoms with Crippen molar-refractivity contribution in [2.24, 2.45) is 11.8 Å². The molecule has 0 aromatic carbocycles. The van der Waals surface area contributed by atoms with E-state index in [4.69, 9.17) is 26.3 Å². The molecule has 0 saturated carbocycles. The van der Waals surface area contributed by atoms with Gasteiger partial charge in [0.2, 0.25) is 5.88 Å². The van der Waals surface area contributed by atoms with E-state index in [1.54, 1.807) is 23.7 Å². The number of piperidine rings is 1. The smallest absolute Gasteiger partial charge is 0.235 e. The number of aromatic nitrogens is 2. The van der Waals surface area contributed by atoms with Gasteiger partial charge in [0.25, 0.3) is 0 Å². The first-order chi connectivity index (χ1) is 13.7. The predicted molar refractivity (Wildman–Crippen MR) is 107 cm³/mol. The zero-order valence-corrected chi connectivity index (χ0v) is 16.7. The third-order valence-corrected chi connectivity index (χ3v) is 7.05. The van der Waals surface area contributed by atoms with Crippen molar-refractivity contribution in [2.75, 3.05) is 26.3 Å². The van der Waals surface area contributed by atoms with Crippen LogP contribution in [0.5, 0.6) is 5.88 Å². The fraction of sp³-hybridized carbons (Fsp3) is 0.450. The largest absolute Gasteiger partial charge is 0.472 e. The van der Waals surface area contributed by atoms with Crippen molar-refractivity contribution in [1.29, 1.82) is 5.26 Å². The molecule has 4 heterocycles. The number of nitrogens with one attached hydrogen (secondary N) is 1. The van der Waals surface area contributed by atoms with Crippen molar-refractivity contribution in [2.45, 2.75) is 18.4 Å². The van der Waals surface area contributed by atoms with Gasteiger partial charge in [-0.25, -0.2) is 9.97 Å². The molecule has 2 fully saturated rings. The highest BCUT2D eigenvalue weighted by atomic mass is 35.5. The number of hydrogen-bond donors (Lipinski definition) is 1. The number of nitriles is 1. The Kier molecular flexibility index (Phi) is 4.81. The molecule has 3 unspecified atom stereocenters. The first-order valence-corrected chi connectivity index (χ1v) is 10.6. The minimum absolute atomic E-state index is 0.0157. The van der Waals surface area contributed by atoms with Crippen LogP contribution in [0, 0.1) is 23.2 Å². The second-order valence-electron chi connectivity index (χ2n) is 7.43. The van der Waals surface area contributed by atoms with Gasteiger partial charge in [0.05, 0.1) is 24.8 Å². The van der Waals surface area contributed by atoms with Crippen LogP contribution >= 0.6 is 22.9 Å². The monoisotopic (exact) mass is 414 g/mol. The third kappa shape index (κ3) is 3.11. The first kappa shape index (κ1) is 18.1. The maximum absolute atomic E-state index is 9.09. The molecule has 8 heteroatoms. The molecule has 0 amide bonds. The molecule has 2 aromatic rings. The molecule has 144 valence electrons. The molecule has 5 rings (SSSR count). The number of ether oxygens (including phenoxy) is 2. The number of thiophene rings is 1. The average molecular weight is 415 g/mol. The Hall–Kier alpha value is -1.98. The highest BCUT2D eigenvalue weighted by Crippen LogP contribution is 2.42. The van der Waals surface area contributed by atoms with Crippen LogP contribution in [-0.2, 0) is 4.74 Å². The van der Waals surface area contributed by atoms with Crippen LogP contribution in [-0.4, -0.2) is 42.4 Å². The molecule has 2 saturated heterocycles. The van der Waals surface area contributed by atoms with Crippen LogP contribution in [0.1, 0.15) is 17.9 Å². The average Bonchev–Trinajstić information content (AvgIpc) is 3.12. The predicted octanol–water partition coefficient (Wildman–Crippen LogP) is 3.36. The minimum atomic E-state index is 0.0157. The van der Waals surface area contributed by atoms with Crippen molar-refractivity contribution in [3.05, 3.63) is 40.0 Å². The standard InChI is InChI=1S/C20H19ClN4O2S/c21-16-3-11(4-22)1-2-14(16)15-9-28-19-17(15)24-10-25-20(19)27-18-12-5-23-6-13(18)8-26-7-12/h1,3,9-10,12-14,18,23H,2,5-8H2. The maximum atomic E-state index is 9.09. The summed E-state index contributed by atoms with van der Waals surface area (Å²) in [5.41, 5.74) is 2.56. The summed E-state index contributed by atoms with van der Waals surface area (Å²) >= 11 is 8.08. The van der Waals surface area contributed by atoms with Crippen LogP contribution < -0.4 is 10.1 Å². The van der Waals surface area contributed by atoms with Gasteiger partial charge in [0.1, 0.15) is 17.1 Å². The summed E-state index contributed by atoms with van der Waals surface area (Å²) in [4.78, 5) is 8.97. The summed E-state index contributed by atoms with van der Waals surface area (Å²) < 4.78 is 13.1. The number of halogens is 1. The Bertz CT molecular complexity index is 989. The molecule has 3 atom stereocenters. The van der Waals surface area contributed by atoms with Gasteiger partial charge in [0.15, 0.2) is 0 Å². The van der Waals surface area contributed by atoms with Crippen LogP contribution in [0.4, 0.5) is 0 Å². The lowest BCUT2D eigenvalue weighted by Crippen LogP contribution is -2.56. The van der Waals surface area contributed by atoms with Gasteiger partial charge in [-0.3, -0.25) is 0 Å². The van der Waals surface area contributed by atoms with E-state index in [0.717, 1.165) is 28.9 Å². The molecule has 1 N–H and O–H groups in total. The molecule has 6 nitrogen and oxygen atoms in total. The van der Waals surface area contributed by atoms with Crippen LogP contribution in [0.2, 0.25) is 0 Å². The molecule has 3 aliphatic rings. The zero-order valence-electron chi connectivity index (χ0n) is 15.1. The van der Waals surface area contributed by atoms with Gasteiger partial charge in [-0.05, 0) is 23.4 Å². The maximum Gasteiger partial charge on any atom is 0.235 e. The SMILES string of the molecule is N#CC1=CCC(c2csc3c(OC4C5CNCC4COC5)ncnc23)C(Cl)=C1. The van der Waals surface area contributed by atoms with Crippen LogP contribution in [0.3, 0.4) is 0 Å². The Labute approximate surface area is 171 Å². The second kappa shape index (κ2) is 7.45. The van der Waals surface area contributed by atoms with E-state index in [0.29, 0.717) is 48.0 Å². The van der Waals surface area contributed by atoms with E-state index < -0.39 is 0 Å². The lowest BCUT2D eigenvalue weighted by Gasteiger charge is -2.41. The molecule has 1 aliphatic carbocycles. The Morgan fingerprint density at radius 3 is 2.86 bits per heavy atom. The van der Waals surface area contributed by atoms with Crippen molar-refractivity contribution >= 4 is 33.2 Å². The highest BCUT2D eigenvalue weighted by molar-refractivity contribution is 7.17. The lowest BCUT2D eigenvalue weighted by atomic mass is 9.86. The Balaban J connectivity index is 1.46. The fourth-order valence-electron chi connectivity index (χ4n) is 4.27. The van der Waals surface area contributed by atoms with E-state index in [2.05, 4.69) is 26.7 Å². The summed E-state index contributed by atoms with van der Waals surface area (Å²) in [5.74, 6) is 1.33. The van der Waals surface area contributed by atoms with E-state index in [-0.39, 0.29) is 12.0 Å². The molecule has 0 radical (unpaired) electrons. The number of nitrogens with zero attached hydrogens (tertiary/aromatic N) is 3. The Morgan fingerprint density at radius 1 is 1.29 bits per heavy atom. The number of rotatable bonds is 3. The molecule has 2 bridgehead atoms. The van der Waals surface area contributed by atoms with Gasteiger partial charge in [-0.2, -0.15) is 5.26 Å². The normalized spacial score (nSPS) is 29.7. The minimum Gasteiger partial charge on any atom is -0.472 e. The second-order valence-corrected chi connectivity index (χ2v) is 8.75. The molecular formula is C20H19ClN4O2S. The summed E-state index contributed by atoms with van der Waals surface area (Å²) in [5, 5.41) is 15.3. The number of allylic oxidation sites excluding steroid dienone is 4. The Morgan fingerprint density at radius 2 is 2.11 bits per heavy atom. The highest BCUT2D eigenvalue weighted by Gasteiger charge is 2.39. The van der Waals surface area contributed by atoms with Gasteiger partial charge < -0.3 is 14.8 Å². The van der Waals surface area contributed by atoms with Crippen molar-refractivity contribution in [1.82, 2.24) is 15.3 Å². The van der Waals surface area contributed by atoms with Gasteiger partial charge in [-0.15, -0.1) is 11.3 Å². The number of fused-ring (bicyclic) bond motifs is 3. The summed E-state index contributed by atoms with van der Waals surface area (Å²) in [6.07, 6.45) is 6.04. The summed E-state index contributed by atoms with van der Waals surface area (Å²) in [6, 6.07) is 2.15. The van der Waals surface area contributed by atoms with Gasteiger partial charge >= 0.3 is 0 Å². The van der Waals surface area contributed by atoms with E-state index >= 15 is 0 Å². The molecule has 28 heavy (non-hydrogen) atoms. The van der Waals surface area contributed by atoms with Crippen molar-refractivity contribution in [3.63, 3.8) is 0 Å². The van der Waals surface area contributed by atoms with E-state index in [1.165, 1.54) is 0 Å². The van der Waals surface area contributed by atoms with Gasteiger partial charge in [-0.1, -0.05) is 17.7 Å². The molecule has 0 spiro atoms.